The molecule has 0 amide bonds. The Morgan fingerprint density at radius 2 is 1.76 bits per heavy atom. The zero-order valence-corrected chi connectivity index (χ0v) is 20.9. The highest BCUT2D eigenvalue weighted by molar-refractivity contribution is 6.30. The molecule has 0 unspecified atom stereocenters. The molecule has 5 rings (SSSR count). The molecule has 2 fully saturated rings. The van der Waals surface area contributed by atoms with Gasteiger partial charge in [0.05, 0.1) is 25.1 Å². The lowest BCUT2D eigenvalue weighted by atomic mass is 9.86. The first-order valence-corrected chi connectivity index (χ1v) is 13.1. The van der Waals surface area contributed by atoms with Crippen LogP contribution in [0.3, 0.4) is 0 Å². The first-order valence-electron chi connectivity index (χ1n) is 12.7. The monoisotopic (exact) mass is 482 g/mol. The maximum atomic E-state index is 6.41. The number of hydrogen-bond donors (Lipinski definition) is 3. The van der Waals surface area contributed by atoms with Crippen molar-refractivity contribution in [1.82, 2.24) is 30.0 Å². The summed E-state index contributed by atoms with van der Waals surface area (Å²) in [4.78, 5) is 11.9. The normalized spacial score (nSPS) is 26.4. The molecule has 182 valence electrons. The van der Waals surface area contributed by atoms with Crippen LogP contribution in [0.4, 0.5) is 11.6 Å². The first kappa shape index (κ1) is 23.4. The smallest absolute Gasteiger partial charge is 0.257 e. The van der Waals surface area contributed by atoms with Crippen molar-refractivity contribution in [1.29, 1.82) is 0 Å². The van der Waals surface area contributed by atoms with Crippen molar-refractivity contribution in [2.45, 2.75) is 57.2 Å². The Kier molecular flexibility index (Phi) is 6.69. The van der Waals surface area contributed by atoms with Crippen molar-refractivity contribution in [3.63, 3.8) is 0 Å². The third-order valence-electron chi connectivity index (χ3n) is 8.22. The number of nitrogens with zero attached hydrogens (tertiary/aromatic N) is 4. The van der Waals surface area contributed by atoms with Gasteiger partial charge in [-0.15, -0.1) is 0 Å². The number of nitrogens with two attached hydrogens (primary N) is 1. The molecule has 7 nitrogen and oxygen atoms in total. The van der Waals surface area contributed by atoms with E-state index < -0.39 is 0 Å². The topological polar surface area (TPSA) is 79.1 Å². The number of benzene rings is 1. The lowest BCUT2D eigenvalue weighted by molar-refractivity contribution is 0.0212. The standard InChI is InChI=1S/C26H37ClN7/c1-2-23-24(28)29-19-30-25(23)34(17-9-21(10-18-34)20-5-7-22(27)8-6-20)26(31-12-13-32-26)11-16-33-14-3-4-15-33/h5-8,12-13,19,21,31-32H,2-4,9-11,14-18H2,1H3,(H2,28,29,30)/q+1. The van der Waals surface area contributed by atoms with Crippen LogP contribution >= 0.6 is 11.6 Å². The van der Waals surface area contributed by atoms with Gasteiger partial charge < -0.3 is 21.3 Å². The number of anilines is 1. The first-order chi connectivity index (χ1) is 16.6. The maximum Gasteiger partial charge on any atom is 0.257 e. The number of nitrogens with one attached hydrogen (secondary N) is 2. The van der Waals surface area contributed by atoms with Crippen molar-refractivity contribution < 1.29 is 0 Å². The highest BCUT2D eigenvalue weighted by Gasteiger charge is 2.56. The van der Waals surface area contributed by atoms with Crippen molar-refractivity contribution in [3.8, 4) is 0 Å². The molecule has 1 aromatic carbocycles. The van der Waals surface area contributed by atoms with E-state index in [1.54, 1.807) is 6.33 Å². The van der Waals surface area contributed by atoms with E-state index in [1.807, 2.05) is 12.1 Å². The lowest BCUT2D eigenvalue weighted by Gasteiger charge is -2.53. The van der Waals surface area contributed by atoms with Crippen LogP contribution in [0.1, 0.15) is 56.1 Å². The Bertz CT molecular complexity index is 1000. The minimum Gasteiger partial charge on any atom is -0.383 e. The molecule has 2 saturated heterocycles. The van der Waals surface area contributed by atoms with Crippen molar-refractivity contribution >= 4 is 23.2 Å². The van der Waals surface area contributed by atoms with Crippen LogP contribution in [0.5, 0.6) is 0 Å². The fraction of sp³-hybridized carbons (Fsp3) is 0.538. The van der Waals surface area contributed by atoms with Crippen molar-refractivity contribution in [2.24, 2.45) is 0 Å². The molecule has 0 radical (unpaired) electrons. The minimum atomic E-state index is -0.349. The average Bonchev–Trinajstić information content (AvgIpc) is 3.56. The number of halogens is 1. The summed E-state index contributed by atoms with van der Waals surface area (Å²) in [5.74, 6) is 1.83. The number of rotatable bonds is 7. The predicted molar refractivity (Wildman–Crippen MR) is 139 cm³/mol. The quantitative estimate of drug-likeness (QED) is 0.518. The second-order valence-corrected chi connectivity index (χ2v) is 10.4. The largest absolute Gasteiger partial charge is 0.383 e. The maximum absolute atomic E-state index is 6.41. The van der Waals surface area contributed by atoms with E-state index in [0.29, 0.717) is 11.7 Å². The number of piperidine rings is 1. The third kappa shape index (κ3) is 4.14. The van der Waals surface area contributed by atoms with Gasteiger partial charge in [-0.05, 0) is 56.0 Å². The SMILES string of the molecule is CCc1c(N)ncnc1[N+]1(C2(CCN3CCCC3)NC=CN2)CCC(c2ccc(Cl)cc2)CC1. The number of quaternary nitrogens is 1. The molecular weight excluding hydrogens is 446 g/mol. The zero-order chi connectivity index (χ0) is 23.6. The van der Waals surface area contributed by atoms with E-state index in [4.69, 9.17) is 22.3 Å². The van der Waals surface area contributed by atoms with E-state index in [9.17, 15) is 0 Å². The summed E-state index contributed by atoms with van der Waals surface area (Å²) in [6, 6.07) is 8.39. The fourth-order valence-electron chi connectivity index (χ4n) is 6.31. The van der Waals surface area contributed by atoms with Crippen molar-refractivity contribution in [2.75, 3.05) is 38.5 Å². The van der Waals surface area contributed by atoms with Crippen LogP contribution in [-0.4, -0.2) is 53.4 Å². The van der Waals surface area contributed by atoms with Gasteiger partial charge in [-0.2, -0.15) is 4.98 Å². The number of likely N-dealkylation sites (tertiary alicyclic amines) is 2. The summed E-state index contributed by atoms with van der Waals surface area (Å²) in [5, 5.41) is 8.33. The molecule has 0 atom stereocenters. The van der Waals surface area contributed by atoms with E-state index in [1.165, 1.54) is 31.5 Å². The van der Waals surface area contributed by atoms with Crippen LogP contribution in [-0.2, 0) is 6.42 Å². The lowest BCUT2D eigenvalue weighted by Crippen LogP contribution is -2.77. The second kappa shape index (κ2) is 9.72. The summed E-state index contributed by atoms with van der Waals surface area (Å²) < 4.78 is 0.730. The second-order valence-electron chi connectivity index (χ2n) is 9.94. The zero-order valence-electron chi connectivity index (χ0n) is 20.1. The predicted octanol–water partition coefficient (Wildman–Crippen LogP) is 3.96. The molecule has 3 aliphatic heterocycles. The van der Waals surface area contributed by atoms with E-state index in [2.05, 4.69) is 52.0 Å². The average molecular weight is 483 g/mol. The van der Waals surface area contributed by atoms with E-state index in [-0.39, 0.29) is 5.79 Å². The molecule has 4 N–H and O–H groups in total. The Labute approximate surface area is 208 Å². The molecule has 1 aromatic heterocycles. The molecule has 0 bridgehead atoms. The van der Waals surface area contributed by atoms with Gasteiger partial charge in [0, 0.05) is 36.8 Å². The van der Waals surface area contributed by atoms with E-state index in [0.717, 1.165) is 66.2 Å². The summed E-state index contributed by atoms with van der Waals surface area (Å²) in [6.45, 7) is 7.55. The molecule has 2 aromatic rings. The van der Waals surface area contributed by atoms with Crippen LogP contribution < -0.4 is 20.9 Å². The van der Waals surface area contributed by atoms with Gasteiger partial charge in [0.15, 0.2) is 0 Å². The summed E-state index contributed by atoms with van der Waals surface area (Å²) in [6.07, 6.45) is 12.3. The van der Waals surface area contributed by atoms with Crippen molar-refractivity contribution in [3.05, 3.63) is 59.1 Å². The number of aromatic nitrogens is 2. The van der Waals surface area contributed by atoms with Crippen LogP contribution in [0.15, 0.2) is 43.0 Å². The van der Waals surface area contributed by atoms with Crippen LogP contribution in [0.2, 0.25) is 5.02 Å². The summed E-state index contributed by atoms with van der Waals surface area (Å²) in [5.41, 5.74) is 8.85. The minimum absolute atomic E-state index is 0.349. The van der Waals surface area contributed by atoms with Gasteiger partial charge in [0.1, 0.15) is 12.1 Å². The highest BCUT2D eigenvalue weighted by Crippen LogP contribution is 2.43. The molecule has 0 aliphatic carbocycles. The molecule has 3 aliphatic rings. The van der Waals surface area contributed by atoms with E-state index >= 15 is 0 Å². The van der Waals surface area contributed by atoms with Gasteiger partial charge in [-0.3, -0.25) is 0 Å². The summed E-state index contributed by atoms with van der Waals surface area (Å²) >= 11 is 6.16. The van der Waals surface area contributed by atoms with Gasteiger partial charge in [0.25, 0.3) is 5.79 Å². The Morgan fingerprint density at radius 1 is 1.09 bits per heavy atom. The molecule has 0 spiro atoms. The Morgan fingerprint density at radius 3 is 2.41 bits per heavy atom. The van der Waals surface area contributed by atoms with Gasteiger partial charge in [0.2, 0.25) is 5.82 Å². The Balaban J connectivity index is 1.51. The number of hydrogen-bond acceptors (Lipinski definition) is 6. The molecular formula is C26H37ClN7+. The fourth-order valence-corrected chi connectivity index (χ4v) is 6.43. The summed E-state index contributed by atoms with van der Waals surface area (Å²) in [7, 11) is 0. The molecule has 0 saturated carbocycles. The van der Waals surface area contributed by atoms with Crippen LogP contribution in [0, 0.1) is 0 Å². The van der Waals surface area contributed by atoms with Gasteiger partial charge in [-0.25, -0.2) is 9.47 Å². The molecule has 8 heteroatoms. The van der Waals surface area contributed by atoms with Gasteiger partial charge >= 0.3 is 0 Å². The Hall–Kier alpha value is -2.35. The van der Waals surface area contributed by atoms with Gasteiger partial charge in [-0.1, -0.05) is 30.7 Å². The highest BCUT2D eigenvalue weighted by atomic mass is 35.5. The third-order valence-corrected chi connectivity index (χ3v) is 8.47. The number of nitrogen functional groups attached to an aromatic ring is 1. The molecule has 34 heavy (non-hydrogen) atoms. The van der Waals surface area contributed by atoms with Crippen LogP contribution in [0.25, 0.3) is 0 Å². The molecule has 4 heterocycles.